The third kappa shape index (κ3) is 4.79. The van der Waals surface area contributed by atoms with Crippen LogP contribution in [0.4, 0.5) is 4.79 Å². The van der Waals surface area contributed by atoms with Crippen molar-refractivity contribution in [1.82, 2.24) is 0 Å². The first-order valence-electron chi connectivity index (χ1n) is 4.21. The Balaban J connectivity index is 3.84. The molecule has 2 N–H and O–H groups in total. The monoisotopic (exact) mass is 285 g/mol. The highest BCUT2D eigenvalue weighted by molar-refractivity contribution is 14.1. The molecule has 0 fully saturated rings. The molecule has 4 heteroatoms. The average Bonchev–Trinajstić information content (AvgIpc) is 1.98. The Morgan fingerprint density at radius 2 is 2.17 bits per heavy atom. The van der Waals surface area contributed by atoms with Crippen LogP contribution in [-0.2, 0) is 4.74 Å². The summed E-state index contributed by atoms with van der Waals surface area (Å²) >= 11 is 2.12. The van der Waals surface area contributed by atoms with E-state index in [2.05, 4.69) is 36.4 Å². The van der Waals surface area contributed by atoms with Crippen LogP contribution in [0.5, 0.6) is 0 Å². The van der Waals surface area contributed by atoms with E-state index in [0.29, 0.717) is 5.92 Å². The highest BCUT2D eigenvalue weighted by Gasteiger charge is 2.18. The molecular weight excluding hydrogens is 269 g/mol. The summed E-state index contributed by atoms with van der Waals surface area (Å²) in [5.41, 5.74) is 4.92. The molecule has 0 radical (unpaired) electrons. The van der Waals surface area contributed by atoms with Gasteiger partial charge in [0.25, 0.3) is 0 Å². The molecule has 72 valence electrons. The first-order chi connectivity index (χ1) is 5.61. The van der Waals surface area contributed by atoms with Gasteiger partial charge in [-0.25, -0.2) is 4.79 Å². The van der Waals surface area contributed by atoms with Crippen LogP contribution in [0.1, 0.15) is 33.1 Å². The molecule has 3 nitrogen and oxygen atoms in total. The van der Waals surface area contributed by atoms with E-state index in [0.717, 1.165) is 19.3 Å². The molecule has 0 aliphatic rings. The Morgan fingerprint density at radius 3 is 2.50 bits per heavy atom. The SMILES string of the molecule is CCCC(CC)C(I)OC(N)=O. The summed E-state index contributed by atoms with van der Waals surface area (Å²) in [6, 6.07) is 0. The van der Waals surface area contributed by atoms with Gasteiger partial charge in [-0.05, 0) is 35.4 Å². The molecular formula is C8H16INO2. The fourth-order valence-corrected chi connectivity index (χ4v) is 2.22. The van der Waals surface area contributed by atoms with E-state index in [1.807, 2.05) is 0 Å². The molecule has 1 amide bonds. The second-order valence-electron chi connectivity index (χ2n) is 2.75. The number of carbonyl (C=O) groups excluding carboxylic acids is 1. The van der Waals surface area contributed by atoms with Crippen molar-refractivity contribution in [3.05, 3.63) is 0 Å². The number of ether oxygens (including phenoxy) is 1. The maximum Gasteiger partial charge on any atom is 0.405 e. The van der Waals surface area contributed by atoms with E-state index in [9.17, 15) is 4.79 Å². The number of amides is 1. The summed E-state index contributed by atoms with van der Waals surface area (Å²) in [6.07, 6.45) is 2.54. The number of alkyl halides is 1. The largest absolute Gasteiger partial charge is 0.435 e. The van der Waals surface area contributed by atoms with E-state index >= 15 is 0 Å². The molecule has 0 spiro atoms. The topological polar surface area (TPSA) is 52.3 Å². The smallest absolute Gasteiger partial charge is 0.405 e. The van der Waals surface area contributed by atoms with Crippen LogP contribution in [0, 0.1) is 5.92 Å². The van der Waals surface area contributed by atoms with E-state index in [4.69, 9.17) is 10.5 Å². The van der Waals surface area contributed by atoms with Crippen molar-refractivity contribution in [1.29, 1.82) is 0 Å². The van der Waals surface area contributed by atoms with Crippen molar-refractivity contribution >= 4 is 28.7 Å². The minimum absolute atomic E-state index is 0.0787. The fraction of sp³-hybridized carbons (Fsp3) is 0.875. The highest BCUT2D eigenvalue weighted by Crippen LogP contribution is 2.23. The molecule has 2 atom stereocenters. The van der Waals surface area contributed by atoms with Gasteiger partial charge in [0.1, 0.15) is 0 Å². The molecule has 0 heterocycles. The summed E-state index contributed by atoms with van der Waals surface area (Å²) in [5.74, 6) is 0.433. The van der Waals surface area contributed by atoms with Crippen LogP contribution in [0.2, 0.25) is 0 Å². The second kappa shape index (κ2) is 6.51. The zero-order chi connectivity index (χ0) is 9.56. The molecule has 0 aromatic carbocycles. The summed E-state index contributed by atoms with van der Waals surface area (Å²) in [5, 5.41) is 0. The number of hydrogen-bond acceptors (Lipinski definition) is 2. The number of nitrogens with two attached hydrogens (primary N) is 1. The van der Waals surface area contributed by atoms with Gasteiger partial charge in [-0.1, -0.05) is 20.3 Å². The van der Waals surface area contributed by atoms with Gasteiger partial charge in [0.05, 0.1) is 0 Å². The lowest BCUT2D eigenvalue weighted by atomic mass is 10.0. The molecule has 2 unspecified atom stereocenters. The molecule has 0 rings (SSSR count). The second-order valence-corrected chi connectivity index (χ2v) is 3.97. The lowest BCUT2D eigenvalue weighted by Crippen LogP contribution is -2.24. The molecule has 0 aliphatic heterocycles. The number of carbonyl (C=O) groups is 1. The average molecular weight is 285 g/mol. The van der Waals surface area contributed by atoms with Crippen LogP contribution < -0.4 is 5.73 Å². The van der Waals surface area contributed by atoms with Crippen LogP contribution in [0.15, 0.2) is 0 Å². The van der Waals surface area contributed by atoms with Gasteiger partial charge in [-0.2, -0.15) is 0 Å². The Bertz CT molecular complexity index is 141. The summed E-state index contributed by atoms with van der Waals surface area (Å²) in [6.45, 7) is 4.21. The van der Waals surface area contributed by atoms with Gasteiger partial charge < -0.3 is 10.5 Å². The van der Waals surface area contributed by atoms with Gasteiger partial charge >= 0.3 is 6.09 Å². The Labute approximate surface area is 87.2 Å². The third-order valence-corrected chi connectivity index (χ3v) is 3.05. The van der Waals surface area contributed by atoms with Crippen LogP contribution >= 0.6 is 22.6 Å². The molecule has 0 aromatic heterocycles. The fourth-order valence-electron chi connectivity index (χ4n) is 1.10. The van der Waals surface area contributed by atoms with Crippen molar-refractivity contribution in [2.75, 3.05) is 0 Å². The van der Waals surface area contributed by atoms with Crippen molar-refractivity contribution < 1.29 is 9.53 Å². The normalized spacial score (nSPS) is 15.2. The first-order valence-corrected chi connectivity index (χ1v) is 5.46. The van der Waals surface area contributed by atoms with Crippen LogP contribution in [0.3, 0.4) is 0 Å². The summed E-state index contributed by atoms with van der Waals surface area (Å²) < 4.78 is 4.80. The Morgan fingerprint density at radius 1 is 1.58 bits per heavy atom. The maximum absolute atomic E-state index is 10.4. The van der Waals surface area contributed by atoms with Gasteiger partial charge in [-0.3, -0.25) is 0 Å². The van der Waals surface area contributed by atoms with E-state index < -0.39 is 6.09 Å². The summed E-state index contributed by atoms with van der Waals surface area (Å²) in [7, 11) is 0. The lowest BCUT2D eigenvalue weighted by molar-refractivity contribution is 0.122. The van der Waals surface area contributed by atoms with Crippen LogP contribution in [-0.4, -0.2) is 10.2 Å². The number of rotatable bonds is 5. The lowest BCUT2D eigenvalue weighted by Gasteiger charge is -2.19. The Hall–Kier alpha value is 0. The first kappa shape index (κ1) is 12.0. The summed E-state index contributed by atoms with van der Waals surface area (Å²) in [4.78, 5) is 10.4. The van der Waals surface area contributed by atoms with Gasteiger partial charge in [0.15, 0.2) is 4.11 Å². The predicted molar refractivity (Wildman–Crippen MR) is 57.2 cm³/mol. The zero-order valence-electron chi connectivity index (χ0n) is 7.55. The number of hydrogen-bond donors (Lipinski definition) is 1. The molecule has 0 bridgehead atoms. The van der Waals surface area contributed by atoms with E-state index in [-0.39, 0.29) is 4.11 Å². The zero-order valence-corrected chi connectivity index (χ0v) is 9.71. The molecule has 0 aromatic rings. The number of halogens is 1. The van der Waals surface area contributed by atoms with Gasteiger partial charge in [-0.15, -0.1) is 0 Å². The maximum atomic E-state index is 10.4. The quantitative estimate of drug-likeness (QED) is 0.623. The van der Waals surface area contributed by atoms with Crippen molar-refractivity contribution in [3.8, 4) is 0 Å². The molecule has 0 saturated heterocycles. The number of primary amides is 1. The minimum atomic E-state index is -0.677. The van der Waals surface area contributed by atoms with E-state index in [1.165, 1.54) is 0 Å². The van der Waals surface area contributed by atoms with Crippen LogP contribution in [0.25, 0.3) is 0 Å². The van der Waals surface area contributed by atoms with Crippen molar-refractivity contribution in [2.45, 2.75) is 37.2 Å². The van der Waals surface area contributed by atoms with Crippen molar-refractivity contribution in [3.63, 3.8) is 0 Å². The highest BCUT2D eigenvalue weighted by atomic mass is 127. The van der Waals surface area contributed by atoms with Crippen molar-refractivity contribution in [2.24, 2.45) is 11.7 Å². The Kier molecular flexibility index (Phi) is 6.51. The predicted octanol–water partition coefficient (Wildman–Crippen LogP) is 2.67. The standard InChI is InChI=1S/C8H16INO2/c1-3-5-6(4-2)7(9)12-8(10)11/h6-7H,3-5H2,1-2H3,(H2,10,11). The van der Waals surface area contributed by atoms with Gasteiger partial charge in [0, 0.05) is 5.92 Å². The molecule has 0 saturated carbocycles. The third-order valence-electron chi connectivity index (χ3n) is 1.78. The molecule has 12 heavy (non-hydrogen) atoms. The van der Waals surface area contributed by atoms with E-state index in [1.54, 1.807) is 0 Å². The van der Waals surface area contributed by atoms with Gasteiger partial charge in [0.2, 0.25) is 0 Å². The molecule has 0 aliphatic carbocycles. The minimum Gasteiger partial charge on any atom is -0.435 e.